The van der Waals surface area contributed by atoms with Gasteiger partial charge in [0.25, 0.3) is 0 Å². The Morgan fingerprint density at radius 1 is 0.265 bits per heavy atom. The van der Waals surface area contributed by atoms with E-state index >= 15 is 0 Å². The minimum absolute atomic E-state index is 0.960. The number of hydrogen-bond donors (Lipinski definition) is 0. The second-order valence-corrected chi connectivity index (χ2v) is 12.1. The van der Waals surface area contributed by atoms with E-state index in [4.69, 9.17) is 0 Å². The highest BCUT2D eigenvalue weighted by Crippen LogP contribution is 2.20. The van der Waals surface area contributed by atoms with Crippen LogP contribution in [-0.2, 0) is 0 Å². The average Bonchev–Trinajstić information content (AvgIpc) is 2.83. The fraction of sp³-hybridized carbons (Fsp3) is 1.00. The molecule has 0 aliphatic carbocycles. The molecule has 0 aliphatic heterocycles. The predicted octanol–water partition coefficient (Wildman–Crippen LogP) is 13.2. The normalized spacial score (nSPS) is 13.4. The third-order valence-corrected chi connectivity index (χ3v) is 8.23. The molecule has 0 aromatic heterocycles. The lowest BCUT2D eigenvalue weighted by Gasteiger charge is -2.11. The van der Waals surface area contributed by atoms with Crippen LogP contribution in [0.25, 0.3) is 0 Å². The van der Waals surface area contributed by atoms with Gasteiger partial charge in [0, 0.05) is 0 Å². The van der Waals surface area contributed by atoms with Gasteiger partial charge in [-0.05, 0) is 11.8 Å². The monoisotopic (exact) mass is 479 g/mol. The first-order valence-corrected chi connectivity index (χ1v) is 16.7. The molecule has 0 aromatic carbocycles. The van der Waals surface area contributed by atoms with Crippen molar-refractivity contribution >= 4 is 0 Å². The van der Waals surface area contributed by atoms with E-state index in [-0.39, 0.29) is 0 Å². The van der Waals surface area contributed by atoms with Gasteiger partial charge in [-0.1, -0.05) is 207 Å². The topological polar surface area (TPSA) is 0 Å². The summed E-state index contributed by atoms with van der Waals surface area (Å²) < 4.78 is 0. The Morgan fingerprint density at radius 3 is 0.765 bits per heavy atom. The van der Waals surface area contributed by atoms with E-state index in [1.165, 1.54) is 180 Å². The Balaban J connectivity index is 3.17. The van der Waals surface area contributed by atoms with E-state index in [0.717, 1.165) is 11.8 Å². The van der Waals surface area contributed by atoms with Crippen LogP contribution in [0.15, 0.2) is 0 Å². The lowest BCUT2D eigenvalue weighted by molar-refractivity contribution is 0.428. The van der Waals surface area contributed by atoms with Crippen molar-refractivity contribution in [2.45, 2.75) is 207 Å². The van der Waals surface area contributed by atoms with Crippen molar-refractivity contribution in [2.24, 2.45) is 11.8 Å². The Bertz CT molecular complexity index is 346. The number of hydrogen-bond acceptors (Lipinski definition) is 0. The zero-order chi connectivity index (χ0) is 25.0. The first-order valence-electron chi connectivity index (χ1n) is 16.7. The molecule has 0 spiro atoms. The number of unbranched alkanes of at least 4 members (excludes halogenated alkanes) is 21. The van der Waals surface area contributed by atoms with E-state index in [2.05, 4.69) is 27.7 Å². The highest BCUT2D eigenvalue weighted by molar-refractivity contribution is 4.57. The maximum Gasteiger partial charge on any atom is -0.0443 e. The molecule has 0 radical (unpaired) electrons. The predicted molar refractivity (Wildman–Crippen MR) is 159 cm³/mol. The fourth-order valence-corrected chi connectivity index (χ4v) is 5.69. The zero-order valence-electron chi connectivity index (χ0n) is 25.0. The molecule has 0 saturated carbocycles. The smallest absolute Gasteiger partial charge is 0.0443 e. The van der Waals surface area contributed by atoms with Crippen LogP contribution in [0, 0.1) is 11.8 Å². The third-order valence-electron chi connectivity index (χ3n) is 8.23. The molecule has 34 heavy (non-hydrogen) atoms. The summed E-state index contributed by atoms with van der Waals surface area (Å²) in [5, 5.41) is 0. The van der Waals surface area contributed by atoms with Crippen LogP contribution >= 0.6 is 0 Å². The minimum Gasteiger partial charge on any atom is -0.0654 e. The van der Waals surface area contributed by atoms with Crippen molar-refractivity contribution in [3.63, 3.8) is 0 Å². The molecule has 2 unspecified atom stereocenters. The van der Waals surface area contributed by atoms with Crippen LogP contribution in [0.1, 0.15) is 207 Å². The van der Waals surface area contributed by atoms with Gasteiger partial charge in [0.15, 0.2) is 0 Å². The lowest BCUT2D eigenvalue weighted by Crippen LogP contribution is -1.95. The summed E-state index contributed by atoms with van der Waals surface area (Å²) >= 11 is 0. The molecule has 0 fully saturated rings. The van der Waals surface area contributed by atoms with Crippen LogP contribution < -0.4 is 0 Å². The largest absolute Gasteiger partial charge is 0.0654 e. The van der Waals surface area contributed by atoms with Crippen LogP contribution in [0.4, 0.5) is 0 Å². The van der Waals surface area contributed by atoms with Gasteiger partial charge in [0.2, 0.25) is 0 Å². The van der Waals surface area contributed by atoms with E-state index in [9.17, 15) is 0 Å². The standard InChI is InChI=1S/C34H70/c1-5-7-8-9-10-11-12-13-14-15-17-21-24-27-31-34(4)32-28-25-22-19-16-18-20-23-26-30-33(3)29-6-2/h33-34H,5-32H2,1-4H3. The first-order chi connectivity index (χ1) is 16.7. The highest BCUT2D eigenvalue weighted by Gasteiger charge is 2.03. The van der Waals surface area contributed by atoms with Crippen LogP contribution in [0.3, 0.4) is 0 Å². The molecule has 0 aromatic rings. The quantitative estimate of drug-likeness (QED) is 0.0937. The fourth-order valence-electron chi connectivity index (χ4n) is 5.69. The molecule has 0 rings (SSSR count). The van der Waals surface area contributed by atoms with Crippen molar-refractivity contribution in [2.75, 3.05) is 0 Å². The summed E-state index contributed by atoms with van der Waals surface area (Å²) in [7, 11) is 0. The Morgan fingerprint density at radius 2 is 0.500 bits per heavy atom. The maximum atomic E-state index is 2.50. The van der Waals surface area contributed by atoms with Gasteiger partial charge in [0.1, 0.15) is 0 Å². The average molecular weight is 479 g/mol. The van der Waals surface area contributed by atoms with Crippen molar-refractivity contribution in [3.05, 3.63) is 0 Å². The Kier molecular flexibility index (Phi) is 29.2. The summed E-state index contributed by atoms with van der Waals surface area (Å²) in [5.74, 6) is 1.93. The molecule has 206 valence electrons. The molecule has 0 saturated heterocycles. The Labute approximate surface area is 219 Å². The molecule has 0 heteroatoms. The molecular weight excluding hydrogens is 408 g/mol. The van der Waals surface area contributed by atoms with Crippen LogP contribution in [-0.4, -0.2) is 0 Å². The van der Waals surface area contributed by atoms with Gasteiger partial charge >= 0.3 is 0 Å². The van der Waals surface area contributed by atoms with Gasteiger partial charge < -0.3 is 0 Å². The molecule has 0 bridgehead atoms. The SMILES string of the molecule is CCCCCCCCCCCCCCCCC(C)CCCCCCCCCCCC(C)CCC. The second-order valence-electron chi connectivity index (χ2n) is 12.1. The molecule has 2 atom stereocenters. The van der Waals surface area contributed by atoms with E-state index in [0.29, 0.717) is 0 Å². The van der Waals surface area contributed by atoms with Gasteiger partial charge in [-0.3, -0.25) is 0 Å². The summed E-state index contributed by atoms with van der Waals surface area (Å²) in [5.41, 5.74) is 0. The van der Waals surface area contributed by atoms with Crippen molar-refractivity contribution in [3.8, 4) is 0 Å². The van der Waals surface area contributed by atoms with Crippen molar-refractivity contribution in [1.29, 1.82) is 0 Å². The van der Waals surface area contributed by atoms with Crippen molar-refractivity contribution in [1.82, 2.24) is 0 Å². The minimum atomic E-state index is 0.960. The number of rotatable bonds is 29. The summed E-state index contributed by atoms with van der Waals surface area (Å²) in [4.78, 5) is 0. The summed E-state index contributed by atoms with van der Waals surface area (Å²) in [6.07, 6.45) is 41.2. The van der Waals surface area contributed by atoms with E-state index in [1.54, 1.807) is 0 Å². The summed E-state index contributed by atoms with van der Waals surface area (Å²) in [6, 6.07) is 0. The molecular formula is C34H70. The molecule has 0 amide bonds. The summed E-state index contributed by atoms with van der Waals surface area (Å²) in [6.45, 7) is 9.56. The van der Waals surface area contributed by atoms with E-state index < -0.39 is 0 Å². The molecule has 0 heterocycles. The zero-order valence-corrected chi connectivity index (χ0v) is 25.0. The van der Waals surface area contributed by atoms with Gasteiger partial charge in [0.05, 0.1) is 0 Å². The van der Waals surface area contributed by atoms with Gasteiger partial charge in [-0.15, -0.1) is 0 Å². The van der Waals surface area contributed by atoms with Crippen LogP contribution in [0.2, 0.25) is 0 Å². The second kappa shape index (κ2) is 29.2. The van der Waals surface area contributed by atoms with Crippen molar-refractivity contribution < 1.29 is 0 Å². The Hall–Kier alpha value is 0. The highest BCUT2D eigenvalue weighted by atomic mass is 14.1. The van der Waals surface area contributed by atoms with E-state index in [1.807, 2.05) is 0 Å². The van der Waals surface area contributed by atoms with Gasteiger partial charge in [-0.25, -0.2) is 0 Å². The third kappa shape index (κ3) is 28.2. The van der Waals surface area contributed by atoms with Gasteiger partial charge in [-0.2, -0.15) is 0 Å². The van der Waals surface area contributed by atoms with Crippen LogP contribution in [0.5, 0.6) is 0 Å². The molecule has 0 N–H and O–H groups in total. The maximum absolute atomic E-state index is 2.50. The first kappa shape index (κ1) is 34.0. The molecule has 0 aliphatic rings. The lowest BCUT2D eigenvalue weighted by atomic mass is 9.95. The molecule has 0 nitrogen and oxygen atoms in total.